The smallest absolute Gasteiger partial charge is 0.160 e. The molecule has 1 aromatic rings. The molecule has 0 bridgehead atoms. The normalized spacial score (nSPS) is 32.3. The van der Waals surface area contributed by atoms with Crippen molar-refractivity contribution in [3.8, 4) is 0 Å². The monoisotopic (exact) mass is 354 g/mol. The molecule has 0 N–H and O–H groups in total. The third-order valence-corrected chi connectivity index (χ3v) is 5.72. The molecule has 2 fully saturated rings. The molecule has 2 aliphatic rings. The van der Waals surface area contributed by atoms with Gasteiger partial charge in [0.1, 0.15) is 0 Å². The molecule has 1 saturated carbocycles. The van der Waals surface area contributed by atoms with E-state index in [1.165, 1.54) is 5.56 Å². The largest absolute Gasteiger partial charge is 0.352 e. The van der Waals surface area contributed by atoms with E-state index in [9.17, 15) is 0 Å². The molecule has 0 unspecified atom stereocenters. The van der Waals surface area contributed by atoms with Gasteiger partial charge in [-0.25, -0.2) is 0 Å². The van der Waals surface area contributed by atoms with E-state index in [0.717, 1.165) is 38.9 Å². The summed E-state index contributed by atoms with van der Waals surface area (Å²) in [5.74, 6) is 1.49. The fourth-order valence-corrected chi connectivity index (χ4v) is 3.99. The number of ether oxygens (including phenoxy) is 2. The minimum Gasteiger partial charge on any atom is -0.352 e. The van der Waals surface area contributed by atoms with E-state index in [0.29, 0.717) is 27.8 Å². The summed E-state index contributed by atoms with van der Waals surface area (Å²) in [6, 6.07) is 6.03. The van der Waals surface area contributed by atoms with Gasteiger partial charge in [-0.05, 0) is 56.2 Å². The van der Waals surface area contributed by atoms with Crippen molar-refractivity contribution >= 4 is 23.2 Å². The molecular weight excluding hydrogens is 331 g/mol. The highest BCUT2D eigenvalue weighted by atomic mass is 35.5. The molecule has 1 heterocycles. The van der Waals surface area contributed by atoms with Gasteiger partial charge in [0.15, 0.2) is 6.29 Å². The summed E-state index contributed by atoms with van der Waals surface area (Å²) >= 11 is 12.2. The lowest BCUT2D eigenvalue weighted by molar-refractivity contribution is -0.222. The van der Waals surface area contributed by atoms with Crippen LogP contribution in [0.4, 0.5) is 0 Å². The summed E-state index contributed by atoms with van der Waals surface area (Å²) < 4.78 is 11.9. The van der Waals surface area contributed by atoms with E-state index < -0.39 is 0 Å². The minimum absolute atomic E-state index is 0.0220. The van der Waals surface area contributed by atoms with Crippen LogP contribution < -0.4 is 0 Å². The van der Waals surface area contributed by atoms with Crippen LogP contribution in [0.15, 0.2) is 30.4 Å². The van der Waals surface area contributed by atoms with Crippen LogP contribution in [-0.4, -0.2) is 19.5 Å². The topological polar surface area (TPSA) is 18.5 Å². The Morgan fingerprint density at radius 3 is 2.30 bits per heavy atom. The lowest BCUT2D eigenvalue weighted by Crippen LogP contribution is -2.37. The van der Waals surface area contributed by atoms with Crippen LogP contribution in [0.2, 0.25) is 10.0 Å². The number of hydrogen-bond acceptors (Lipinski definition) is 2. The minimum atomic E-state index is -0.0220. The van der Waals surface area contributed by atoms with Crippen LogP contribution in [0, 0.1) is 11.8 Å². The van der Waals surface area contributed by atoms with E-state index in [4.69, 9.17) is 32.7 Å². The van der Waals surface area contributed by atoms with Crippen molar-refractivity contribution in [2.45, 2.75) is 44.8 Å². The molecule has 0 amide bonds. The Morgan fingerprint density at radius 2 is 1.70 bits per heavy atom. The lowest BCUT2D eigenvalue weighted by Gasteiger charge is -2.37. The maximum absolute atomic E-state index is 6.15. The average Bonchev–Trinajstić information content (AvgIpc) is 2.59. The second-order valence-corrected chi connectivity index (χ2v) is 7.42. The van der Waals surface area contributed by atoms with E-state index >= 15 is 0 Å². The molecule has 0 spiro atoms. The average molecular weight is 355 g/mol. The standard InChI is InChI=1S/C19H24Cl2O2/c1-2-3-13-11-22-19(23-12-13)15-6-4-14(5-7-15)16-8-9-17(20)18(21)10-16/h2-3,8-10,13-15,19H,4-7,11-12H2,1H3/b3-2+. The Hall–Kier alpha value is -0.540. The highest BCUT2D eigenvalue weighted by Crippen LogP contribution is 2.40. The highest BCUT2D eigenvalue weighted by Gasteiger charge is 2.32. The van der Waals surface area contributed by atoms with Crippen molar-refractivity contribution in [1.82, 2.24) is 0 Å². The van der Waals surface area contributed by atoms with Crippen molar-refractivity contribution in [1.29, 1.82) is 0 Å². The van der Waals surface area contributed by atoms with Gasteiger partial charge in [0.25, 0.3) is 0 Å². The van der Waals surface area contributed by atoms with Crippen LogP contribution in [0.25, 0.3) is 0 Å². The number of benzene rings is 1. The molecule has 1 aliphatic heterocycles. The van der Waals surface area contributed by atoms with Gasteiger partial charge in [-0.3, -0.25) is 0 Å². The summed E-state index contributed by atoms with van der Waals surface area (Å²) in [6.07, 6.45) is 8.81. The first-order valence-electron chi connectivity index (χ1n) is 8.48. The van der Waals surface area contributed by atoms with Gasteiger partial charge in [0, 0.05) is 11.8 Å². The van der Waals surface area contributed by atoms with E-state index in [2.05, 4.69) is 18.2 Å². The van der Waals surface area contributed by atoms with Gasteiger partial charge < -0.3 is 9.47 Å². The molecule has 1 saturated heterocycles. The first kappa shape index (κ1) is 17.3. The predicted molar refractivity (Wildman–Crippen MR) is 95.2 cm³/mol. The Morgan fingerprint density at radius 1 is 1.00 bits per heavy atom. The quantitative estimate of drug-likeness (QED) is 0.635. The van der Waals surface area contributed by atoms with Crippen LogP contribution >= 0.6 is 23.2 Å². The number of allylic oxidation sites excluding steroid dienone is 1. The first-order chi connectivity index (χ1) is 11.2. The van der Waals surface area contributed by atoms with E-state index in [-0.39, 0.29) is 6.29 Å². The molecule has 1 aromatic carbocycles. The zero-order valence-corrected chi connectivity index (χ0v) is 15.0. The molecule has 0 atom stereocenters. The second kappa shape index (κ2) is 8.02. The number of rotatable bonds is 3. The first-order valence-corrected chi connectivity index (χ1v) is 9.24. The molecule has 1 aliphatic carbocycles. The van der Waals surface area contributed by atoms with Crippen LogP contribution in [0.1, 0.15) is 44.1 Å². The fourth-order valence-electron chi connectivity index (χ4n) is 3.68. The van der Waals surface area contributed by atoms with Gasteiger partial charge in [-0.2, -0.15) is 0 Å². The van der Waals surface area contributed by atoms with Crippen molar-refractivity contribution in [2.24, 2.45) is 11.8 Å². The SMILES string of the molecule is C/C=C/C1COC(C2CCC(c3ccc(Cl)c(Cl)c3)CC2)OC1. The van der Waals surface area contributed by atoms with Gasteiger partial charge in [-0.15, -0.1) is 0 Å². The van der Waals surface area contributed by atoms with Crippen LogP contribution in [0.3, 0.4) is 0 Å². The molecule has 2 nitrogen and oxygen atoms in total. The second-order valence-electron chi connectivity index (χ2n) is 6.61. The van der Waals surface area contributed by atoms with Gasteiger partial charge in [-0.1, -0.05) is 41.4 Å². The van der Waals surface area contributed by atoms with E-state index in [1.54, 1.807) is 0 Å². The molecule has 126 valence electrons. The van der Waals surface area contributed by atoms with Crippen molar-refractivity contribution < 1.29 is 9.47 Å². The molecular formula is C19H24Cl2O2. The molecule has 4 heteroatoms. The van der Waals surface area contributed by atoms with Crippen molar-refractivity contribution in [3.63, 3.8) is 0 Å². The summed E-state index contributed by atoms with van der Waals surface area (Å²) in [5, 5.41) is 1.28. The number of hydrogen-bond donors (Lipinski definition) is 0. The van der Waals surface area contributed by atoms with Gasteiger partial charge in [0.05, 0.1) is 23.3 Å². The summed E-state index contributed by atoms with van der Waals surface area (Å²) in [7, 11) is 0. The van der Waals surface area contributed by atoms with Gasteiger partial charge in [0.2, 0.25) is 0 Å². The number of halogens is 2. The molecule has 0 aromatic heterocycles. The summed E-state index contributed by atoms with van der Waals surface area (Å²) in [5.41, 5.74) is 1.30. The van der Waals surface area contributed by atoms with Crippen molar-refractivity contribution in [2.75, 3.05) is 13.2 Å². The molecule has 3 rings (SSSR count). The Balaban J connectivity index is 1.51. The predicted octanol–water partition coefficient (Wildman–Crippen LogP) is 5.83. The maximum Gasteiger partial charge on any atom is 0.160 e. The zero-order chi connectivity index (χ0) is 16.2. The highest BCUT2D eigenvalue weighted by molar-refractivity contribution is 6.42. The fraction of sp³-hybridized carbons (Fsp3) is 0.579. The third kappa shape index (κ3) is 4.30. The molecule has 23 heavy (non-hydrogen) atoms. The maximum atomic E-state index is 6.15. The third-order valence-electron chi connectivity index (χ3n) is 4.99. The lowest BCUT2D eigenvalue weighted by atomic mass is 9.78. The van der Waals surface area contributed by atoms with Crippen molar-refractivity contribution in [3.05, 3.63) is 46.0 Å². The Kier molecular flexibility index (Phi) is 6.03. The summed E-state index contributed by atoms with van der Waals surface area (Å²) in [6.45, 7) is 3.60. The Labute approximate surface area is 148 Å². The van der Waals surface area contributed by atoms with E-state index in [1.807, 2.05) is 19.1 Å². The van der Waals surface area contributed by atoms with Crippen LogP contribution in [0.5, 0.6) is 0 Å². The van der Waals surface area contributed by atoms with Gasteiger partial charge >= 0.3 is 0 Å². The molecule has 0 radical (unpaired) electrons. The Bertz CT molecular complexity index is 542. The van der Waals surface area contributed by atoms with Crippen LogP contribution in [-0.2, 0) is 9.47 Å². The summed E-state index contributed by atoms with van der Waals surface area (Å²) in [4.78, 5) is 0. The zero-order valence-electron chi connectivity index (χ0n) is 13.5.